The van der Waals surface area contributed by atoms with E-state index in [4.69, 9.17) is 0 Å². The molecule has 0 amide bonds. The number of aryl methyl sites for hydroxylation is 1. The topological polar surface area (TPSA) is 71.2 Å². The minimum atomic E-state index is -0.151. The van der Waals surface area contributed by atoms with Crippen LogP contribution in [0.15, 0.2) is 24.4 Å². The summed E-state index contributed by atoms with van der Waals surface area (Å²) in [6.45, 7) is 4.82. The number of hydrogen-bond acceptors (Lipinski definition) is 4. The van der Waals surface area contributed by atoms with E-state index in [1.807, 2.05) is 29.9 Å². The van der Waals surface area contributed by atoms with Gasteiger partial charge in [-0.3, -0.25) is 4.68 Å². The molecular weight excluding hydrogens is 254 g/mol. The van der Waals surface area contributed by atoms with Crippen LogP contribution in [0.2, 0.25) is 0 Å². The molecule has 0 radical (unpaired) electrons. The van der Waals surface area contributed by atoms with Crippen molar-refractivity contribution in [3.63, 3.8) is 0 Å². The number of nitrogens with zero attached hydrogens (tertiary/aromatic N) is 3. The lowest BCUT2D eigenvalue weighted by molar-refractivity contribution is 0.275. The Morgan fingerprint density at radius 2 is 2.10 bits per heavy atom. The lowest BCUT2D eigenvalue weighted by Crippen LogP contribution is -2.03. The zero-order chi connectivity index (χ0) is 14.5. The Morgan fingerprint density at radius 3 is 2.70 bits per heavy atom. The molecule has 0 aliphatic heterocycles. The molecule has 0 spiro atoms. The Hall–Kier alpha value is -1.88. The number of aromatic hydroxyl groups is 1. The van der Waals surface area contributed by atoms with Crippen LogP contribution >= 0.6 is 0 Å². The normalized spacial score (nSPS) is 12.6. The van der Waals surface area contributed by atoms with Crippen LogP contribution in [0.25, 0.3) is 0 Å². The molecule has 2 rings (SSSR count). The van der Waals surface area contributed by atoms with Crippen LogP contribution in [-0.4, -0.2) is 25.2 Å². The van der Waals surface area contributed by atoms with E-state index >= 15 is 0 Å². The maximum absolute atomic E-state index is 9.63. The zero-order valence-corrected chi connectivity index (χ0v) is 12.0. The first-order valence-corrected chi connectivity index (χ1v) is 6.99. The lowest BCUT2D eigenvalue weighted by atomic mass is 9.91. The predicted octanol–water partition coefficient (Wildman–Crippen LogP) is 2.23. The van der Waals surface area contributed by atoms with Gasteiger partial charge in [0.05, 0.1) is 12.3 Å². The third-order valence-corrected chi connectivity index (χ3v) is 3.60. The summed E-state index contributed by atoms with van der Waals surface area (Å²) in [5.41, 5.74) is 2.65. The Bertz CT molecular complexity index is 566. The van der Waals surface area contributed by atoms with E-state index in [2.05, 4.69) is 17.2 Å². The first kappa shape index (κ1) is 14.5. The SMILES string of the molecule is CCC(Cc1cn(CC)nn1)c1ccc(O)c(CO)c1. The van der Waals surface area contributed by atoms with Crippen LogP contribution in [0.4, 0.5) is 0 Å². The van der Waals surface area contributed by atoms with Crippen molar-refractivity contribution in [2.45, 2.75) is 45.8 Å². The van der Waals surface area contributed by atoms with Gasteiger partial charge in [0.15, 0.2) is 0 Å². The van der Waals surface area contributed by atoms with Crippen LogP contribution in [0, 0.1) is 0 Å². The van der Waals surface area contributed by atoms with Crippen molar-refractivity contribution < 1.29 is 10.2 Å². The monoisotopic (exact) mass is 275 g/mol. The maximum atomic E-state index is 9.63. The van der Waals surface area contributed by atoms with Gasteiger partial charge in [-0.05, 0) is 43.4 Å². The van der Waals surface area contributed by atoms with E-state index in [1.54, 1.807) is 6.07 Å². The molecule has 0 fully saturated rings. The average Bonchev–Trinajstić information content (AvgIpc) is 2.93. The van der Waals surface area contributed by atoms with E-state index in [0.29, 0.717) is 11.5 Å². The fraction of sp³-hybridized carbons (Fsp3) is 0.467. The fourth-order valence-corrected chi connectivity index (χ4v) is 2.32. The van der Waals surface area contributed by atoms with Crippen LogP contribution in [-0.2, 0) is 19.6 Å². The van der Waals surface area contributed by atoms with Crippen molar-refractivity contribution in [1.82, 2.24) is 15.0 Å². The van der Waals surface area contributed by atoms with Crippen molar-refractivity contribution in [1.29, 1.82) is 0 Å². The van der Waals surface area contributed by atoms with Gasteiger partial charge in [-0.1, -0.05) is 18.2 Å². The second-order valence-corrected chi connectivity index (χ2v) is 4.92. The van der Waals surface area contributed by atoms with Gasteiger partial charge in [-0.15, -0.1) is 5.10 Å². The Kier molecular flexibility index (Phi) is 4.74. The molecule has 0 saturated carbocycles. The highest BCUT2D eigenvalue weighted by Gasteiger charge is 2.14. The fourth-order valence-electron chi connectivity index (χ4n) is 2.32. The summed E-state index contributed by atoms with van der Waals surface area (Å²) in [6, 6.07) is 5.42. The standard InChI is InChI=1S/C15H21N3O2/c1-3-11(8-14-9-18(4-2)17-16-14)12-5-6-15(20)13(7-12)10-19/h5-7,9,11,19-20H,3-4,8,10H2,1-2H3. The molecule has 0 aliphatic rings. The van der Waals surface area contributed by atoms with Gasteiger partial charge >= 0.3 is 0 Å². The molecule has 0 bridgehead atoms. The molecule has 0 aliphatic carbocycles. The highest BCUT2D eigenvalue weighted by Crippen LogP contribution is 2.27. The molecule has 20 heavy (non-hydrogen) atoms. The molecule has 5 heteroatoms. The molecule has 2 aromatic rings. The van der Waals surface area contributed by atoms with Crippen molar-refractivity contribution in [3.05, 3.63) is 41.2 Å². The third kappa shape index (κ3) is 3.17. The summed E-state index contributed by atoms with van der Waals surface area (Å²) in [7, 11) is 0. The van der Waals surface area contributed by atoms with Crippen LogP contribution < -0.4 is 0 Å². The second-order valence-electron chi connectivity index (χ2n) is 4.92. The smallest absolute Gasteiger partial charge is 0.121 e. The zero-order valence-electron chi connectivity index (χ0n) is 12.0. The summed E-state index contributed by atoms with van der Waals surface area (Å²) in [5.74, 6) is 0.450. The summed E-state index contributed by atoms with van der Waals surface area (Å²) < 4.78 is 1.82. The van der Waals surface area contributed by atoms with E-state index in [0.717, 1.165) is 30.6 Å². The molecule has 1 atom stereocenters. The Labute approximate surface area is 118 Å². The highest BCUT2D eigenvalue weighted by molar-refractivity contribution is 5.37. The third-order valence-electron chi connectivity index (χ3n) is 3.60. The molecule has 1 unspecified atom stereocenters. The quantitative estimate of drug-likeness (QED) is 0.848. The molecule has 2 N–H and O–H groups in total. The molecule has 1 aromatic heterocycles. The predicted molar refractivity (Wildman–Crippen MR) is 76.5 cm³/mol. The first-order valence-electron chi connectivity index (χ1n) is 6.99. The van der Waals surface area contributed by atoms with E-state index < -0.39 is 0 Å². The van der Waals surface area contributed by atoms with Gasteiger partial charge < -0.3 is 10.2 Å². The minimum absolute atomic E-state index is 0.142. The maximum Gasteiger partial charge on any atom is 0.121 e. The number of hydrogen-bond donors (Lipinski definition) is 2. The molecule has 1 aromatic carbocycles. The van der Waals surface area contributed by atoms with Crippen molar-refractivity contribution in [2.24, 2.45) is 0 Å². The summed E-state index contributed by atoms with van der Waals surface area (Å²) >= 11 is 0. The number of benzene rings is 1. The number of rotatable bonds is 6. The molecular formula is C15H21N3O2. The minimum Gasteiger partial charge on any atom is -0.508 e. The highest BCUT2D eigenvalue weighted by atomic mass is 16.3. The molecule has 108 valence electrons. The number of phenols is 1. The number of aliphatic hydroxyl groups is 1. The van der Waals surface area contributed by atoms with E-state index in [1.165, 1.54) is 0 Å². The number of aliphatic hydroxyl groups excluding tert-OH is 1. The molecule has 0 saturated heterocycles. The Morgan fingerprint density at radius 1 is 1.30 bits per heavy atom. The van der Waals surface area contributed by atoms with E-state index in [9.17, 15) is 10.2 Å². The van der Waals surface area contributed by atoms with Crippen LogP contribution in [0.5, 0.6) is 5.75 Å². The summed E-state index contributed by atoms with van der Waals surface area (Å²) in [6.07, 6.45) is 3.75. The van der Waals surface area contributed by atoms with Gasteiger partial charge in [0.25, 0.3) is 0 Å². The first-order chi connectivity index (χ1) is 9.67. The van der Waals surface area contributed by atoms with Gasteiger partial charge in [0.1, 0.15) is 5.75 Å². The number of aromatic nitrogens is 3. The Balaban J connectivity index is 2.19. The lowest BCUT2D eigenvalue weighted by Gasteiger charge is -2.15. The van der Waals surface area contributed by atoms with Crippen molar-refractivity contribution in [2.75, 3.05) is 0 Å². The van der Waals surface area contributed by atoms with Gasteiger partial charge in [-0.2, -0.15) is 0 Å². The average molecular weight is 275 g/mol. The van der Waals surface area contributed by atoms with Crippen molar-refractivity contribution in [3.8, 4) is 5.75 Å². The van der Waals surface area contributed by atoms with Crippen LogP contribution in [0.3, 0.4) is 0 Å². The molecule has 1 heterocycles. The largest absolute Gasteiger partial charge is 0.508 e. The summed E-state index contributed by atoms with van der Waals surface area (Å²) in [5, 5.41) is 27.1. The summed E-state index contributed by atoms with van der Waals surface area (Å²) in [4.78, 5) is 0. The van der Waals surface area contributed by atoms with Gasteiger partial charge in [0.2, 0.25) is 0 Å². The van der Waals surface area contributed by atoms with Gasteiger partial charge in [-0.25, -0.2) is 0 Å². The van der Waals surface area contributed by atoms with Gasteiger partial charge in [0, 0.05) is 18.3 Å². The molecule has 5 nitrogen and oxygen atoms in total. The van der Waals surface area contributed by atoms with Crippen LogP contribution in [0.1, 0.15) is 43.0 Å². The van der Waals surface area contributed by atoms with Crippen molar-refractivity contribution >= 4 is 0 Å². The second kappa shape index (κ2) is 6.52. The van der Waals surface area contributed by atoms with E-state index in [-0.39, 0.29) is 12.4 Å².